The summed E-state index contributed by atoms with van der Waals surface area (Å²) in [4.78, 5) is 12.2. The van der Waals surface area contributed by atoms with Crippen LogP contribution >= 0.6 is 15.9 Å². The maximum atomic E-state index is 12.2. The number of benzene rings is 1. The van der Waals surface area contributed by atoms with E-state index in [0.717, 1.165) is 35.7 Å². The molecule has 110 valence electrons. The lowest BCUT2D eigenvalue weighted by atomic mass is 9.79. The van der Waals surface area contributed by atoms with Crippen molar-refractivity contribution in [3.05, 3.63) is 33.8 Å². The predicted octanol–water partition coefficient (Wildman–Crippen LogP) is 3.43. The molecule has 1 aromatic carbocycles. The van der Waals surface area contributed by atoms with E-state index >= 15 is 0 Å². The first kappa shape index (κ1) is 15.5. The van der Waals surface area contributed by atoms with E-state index in [1.807, 2.05) is 25.1 Å². The van der Waals surface area contributed by atoms with Crippen LogP contribution in [0.25, 0.3) is 0 Å². The molecule has 20 heavy (non-hydrogen) atoms. The van der Waals surface area contributed by atoms with Crippen LogP contribution in [-0.2, 0) is 0 Å². The first-order valence-corrected chi connectivity index (χ1v) is 7.96. The Hall–Kier alpha value is -0.870. The highest BCUT2D eigenvalue weighted by Gasteiger charge is 2.32. The first-order chi connectivity index (χ1) is 9.39. The zero-order valence-electron chi connectivity index (χ0n) is 12.1. The zero-order chi connectivity index (χ0) is 14.8. The van der Waals surface area contributed by atoms with E-state index in [4.69, 9.17) is 0 Å². The Labute approximate surface area is 128 Å². The largest absolute Gasteiger partial charge is 0.388 e. The average molecular weight is 340 g/mol. The molecule has 0 atom stereocenters. The van der Waals surface area contributed by atoms with Crippen LogP contribution in [0.15, 0.2) is 22.7 Å². The third kappa shape index (κ3) is 3.83. The van der Waals surface area contributed by atoms with Crippen molar-refractivity contribution in [1.29, 1.82) is 0 Å². The van der Waals surface area contributed by atoms with E-state index in [0.29, 0.717) is 18.0 Å². The molecule has 1 saturated carbocycles. The van der Waals surface area contributed by atoms with Crippen molar-refractivity contribution in [2.45, 2.75) is 45.1 Å². The molecule has 2 rings (SSSR count). The van der Waals surface area contributed by atoms with Crippen LogP contribution in [0, 0.1) is 12.8 Å². The number of hydrogen-bond acceptors (Lipinski definition) is 2. The van der Waals surface area contributed by atoms with Gasteiger partial charge in [0.25, 0.3) is 5.91 Å². The smallest absolute Gasteiger partial charge is 0.252 e. The van der Waals surface area contributed by atoms with E-state index in [9.17, 15) is 9.90 Å². The number of carbonyl (C=O) groups is 1. The van der Waals surface area contributed by atoms with E-state index in [2.05, 4.69) is 28.2 Å². The fourth-order valence-electron chi connectivity index (χ4n) is 2.63. The second kappa shape index (κ2) is 6.27. The summed E-state index contributed by atoms with van der Waals surface area (Å²) in [5.41, 5.74) is 0.930. The Balaban J connectivity index is 1.97. The van der Waals surface area contributed by atoms with E-state index < -0.39 is 5.60 Å². The lowest BCUT2D eigenvalue weighted by Crippen LogP contribution is -2.45. The van der Waals surface area contributed by atoms with Crippen molar-refractivity contribution in [1.82, 2.24) is 5.32 Å². The van der Waals surface area contributed by atoms with Crippen LogP contribution in [0.4, 0.5) is 0 Å². The van der Waals surface area contributed by atoms with Crippen molar-refractivity contribution in [2.24, 2.45) is 5.92 Å². The molecule has 0 heterocycles. The highest BCUT2D eigenvalue weighted by molar-refractivity contribution is 9.10. The maximum absolute atomic E-state index is 12.2. The molecular formula is C16H22BrNO2. The molecule has 0 unspecified atom stereocenters. The Morgan fingerprint density at radius 1 is 1.45 bits per heavy atom. The van der Waals surface area contributed by atoms with Gasteiger partial charge in [-0.1, -0.05) is 18.6 Å². The van der Waals surface area contributed by atoms with Crippen LogP contribution in [0.5, 0.6) is 0 Å². The monoisotopic (exact) mass is 339 g/mol. The molecule has 4 heteroatoms. The third-order valence-corrected chi connectivity index (χ3v) is 4.84. The van der Waals surface area contributed by atoms with Gasteiger partial charge in [0.05, 0.1) is 11.2 Å². The van der Waals surface area contributed by atoms with E-state index in [1.54, 1.807) is 0 Å². The number of hydrogen-bond donors (Lipinski definition) is 2. The number of aryl methyl sites for hydroxylation is 1. The third-order valence-electron chi connectivity index (χ3n) is 4.15. The Bertz CT molecular complexity index is 493. The quantitative estimate of drug-likeness (QED) is 0.886. The van der Waals surface area contributed by atoms with Gasteiger partial charge in [0.15, 0.2) is 0 Å². The van der Waals surface area contributed by atoms with Gasteiger partial charge in [-0.3, -0.25) is 4.79 Å². The van der Waals surface area contributed by atoms with Gasteiger partial charge in [0, 0.05) is 11.0 Å². The second-order valence-electron chi connectivity index (χ2n) is 6.07. The molecule has 1 aliphatic carbocycles. The molecule has 1 aliphatic rings. The summed E-state index contributed by atoms with van der Waals surface area (Å²) in [6.45, 7) is 4.50. The molecule has 0 aromatic heterocycles. The van der Waals surface area contributed by atoms with Gasteiger partial charge in [0.2, 0.25) is 0 Å². The predicted molar refractivity (Wildman–Crippen MR) is 83.8 cm³/mol. The highest BCUT2D eigenvalue weighted by Crippen LogP contribution is 2.31. The SMILES string of the molecule is Cc1ccc(Br)c(C(=O)NCC2(O)CCC(C)CC2)c1. The molecule has 1 amide bonds. The average Bonchev–Trinajstić information content (AvgIpc) is 2.43. The number of rotatable bonds is 3. The standard InChI is InChI=1S/C16H22BrNO2/c1-11-5-7-16(20,8-6-11)10-18-15(19)13-9-12(2)3-4-14(13)17/h3-4,9,11,20H,5-8,10H2,1-2H3,(H,18,19). The highest BCUT2D eigenvalue weighted by atomic mass is 79.9. The van der Waals surface area contributed by atoms with Crippen LogP contribution in [0.2, 0.25) is 0 Å². The lowest BCUT2D eigenvalue weighted by molar-refractivity contribution is -0.00540. The van der Waals surface area contributed by atoms with Crippen LogP contribution in [0.3, 0.4) is 0 Å². The number of aliphatic hydroxyl groups is 1. The maximum Gasteiger partial charge on any atom is 0.252 e. The van der Waals surface area contributed by atoms with Gasteiger partial charge in [-0.05, 0) is 66.6 Å². The van der Waals surface area contributed by atoms with Gasteiger partial charge >= 0.3 is 0 Å². The van der Waals surface area contributed by atoms with E-state index in [1.165, 1.54) is 0 Å². The minimum absolute atomic E-state index is 0.132. The lowest BCUT2D eigenvalue weighted by Gasteiger charge is -2.35. The molecule has 1 aromatic rings. The zero-order valence-corrected chi connectivity index (χ0v) is 13.7. The molecular weight excluding hydrogens is 318 g/mol. The van der Waals surface area contributed by atoms with Gasteiger partial charge < -0.3 is 10.4 Å². The number of carbonyl (C=O) groups excluding carboxylic acids is 1. The van der Waals surface area contributed by atoms with Gasteiger partial charge in [-0.2, -0.15) is 0 Å². The summed E-state index contributed by atoms with van der Waals surface area (Å²) in [6, 6.07) is 5.69. The Morgan fingerprint density at radius 2 is 2.10 bits per heavy atom. The molecule has 0 radical (unpaired) electrons. The van der Waals surface area contributed by atoms with Crippen molar-refractivity contribution in [3.63, 3.8) is 0 Å². The summed E-state index contributed by atoms with van der Waals surface area (Å²) in [7, 11) is 0. The van der Waals surface area contributed by atoms with Gasteiger partial charge in [-0.25, -0.2) is 0 Å². The minimum Gasteiger partial charge on any atom is -0.388 e. The molecule has 0 spiro atoms. The van der Waals surface area contributed by atoms with Crippen molar-refractivity contribution in [3.8, 4) is 0 Å². The number of halogens is 1. The molecule has 0 bridgehead atoms. The van der Waals surface area contributed by atoms with Gasteiger partial charge in [0.1, 0.15) is 0 Å². The second-order valence-corrected chi connectivity index (χ2v) is 6.93. The molecule has 1 fully saturated rings. The van der Waals surface area contributed by atoms with Crippen molar-refractivity contribution >= 4 is 21.8 Å². The topological polar surface area (TPSA) is 49.3 Å². The molecule has 3 nitrogen and oxygen atoms in total. The molecule has 0 saturated heterocycles. The number of nitrogens with one attached hydrogen (secondary N) is 1. The van der Waals surface area contributed by atoms with Crippen molar-refractivity contribution in [2.75, 3.05) is 6.54 Å². The fraction of sp³-hybridized carbons (Fsp3) is 0.562. The number of amides is 1. The summed E-state index contributed by atoms with van der Waals surface area (Å²) in [6.07, 6.45) is 3.59. The molecule has 0 aliphatic heterocycles. The normalized spacial score (nSPS) is 26.3. The van der Waals surface area contributed by atoms with Crippen molar-refractivity contribution < 1.29 is 9.90 Å². The Morgan fingerprint density at radius 3 is 2.75 bits per heavy atom. The van der Waals surface area contributed by atoms with Crippen LogP contribution in [0.1, 0.15) is 48.5 Å². The van der Waals surface area contributed by atoms with E-state index in [-0.39, 0.29) is 5.91 Å². The Kier molecular flexibility index (Phi) is 4.86. The molecule has 2 N–H and O–H groups in total. The first-order valence-electron chi connectivity index (χ1n) is 7.16. The van der Waals surface area contributed by atoms with Crippen LogP contribution in [-0.4, -0.2) is 23.2 Å². The fourth-order valence-corrected chi connectivity index (χ4v) is 3.06. The van der Waals surface area contributed by atoms with Gasteiger partial charge in [-0.15, -0.1) is 0 Å². The summed E-state index contributed by atoms with van der Waals surface area (Å²) >= 11 is 3.40. The van der Waals surface area contributed by atoms with Crippen LogP contribution < -0.4 is 5.32 Å². The minimum atomic E-state index is -0.738. The summed E-state index contributed by atoms with van der Waals surface area (Å²) < 4.78 is 0.782. The summed E-state index contributed by atoms with van der Waals surface area (Å²) in [5.74, 6) is 0.546. The summed E-state index contributed by atoms with van der Waals surface area (Å²) in [5, 5.41) is 13.4.